The van der Waals surface area contributed by atoms with Crippen molar-refractivity contribution in [2.75, 3.05) is 7.11 Å². The number of carbonyl (C=O) groups excluding carboxylic acids is 2. The SMILES string of the molecule is COC(=O)c1ccc(CNC(=O)/C=C/c2ccc(F)cc2)cc1. The van der Waals surface area contributed by atoms with Crippen molar-refractivity contribution < 1.29 is 18.7 Å². The first kappa shape index (κ1) is 16.4. The number of hydrogen-bond acceptors (Lipinski definition) is 3. The summed E-state index contributed by atoms with van der Waals surface area (Å²) in [5.74, 6) is -0.976. The molecule has 0 saturated carbocycles. The van der Waals surface area contributed by atoms with Gasteiger partial charge in [-0.2, -0.15) is 0 Å². The predicted octanol–water partition coefficient (Wildman–Crippen LogP) is 2.94. The molecule has 0 aliphatic rings. The van der Waals surface area contributed by atoms with Crippen molar-refractivity contribution >= 4 is 18.0 Å². The maximum atomic E-state index is 12.8. The number of esters is 1. The molecule has 1 N–H and O–H groups in total. The first-order chi connectivity index (χ1) is 11.1. The Bertz CT molecular complexity index is 706. The quantitative estimate of drug-likeness (QED) is 0.682. The fourth-order valence-electron chi connectivity index (χ4n) is 1.87. The highest BCUT2D eigenvalue weighted by molar-refractivity contribution is 5.91. The lowest BCUT2D eigenvalue weighted by Crippen LogP contribution is -2.20. The van der Waals surface area contributed by atoms with Gasteiger partial charge >= 0.3 is 5.97 Å². The van der Waals surface area contributed by atoms with Gasteiger partial charge in [0.25, 0.3) is 0 Å². The number of nitrogens with one attached hydrogen (secondary N) is 1. The predicted molar refractivity (Wildman–Crippen MR) is 85.1 cm³/mol. The van der Waals surface area contributed by atoms with E-state index in [2.05, 4.69) is 10.1 Å². The van der Waals surface area contributed by atoms with E-state index in [9.17, 15) is 14.0 Å². The normalized spacial score (nSPS) is 10.5. The third kappa shape index (κ3) is 5.07. The molecular weight excluding hydrogens is 297 g/mol. The van der Waals surface area contributed by atoms with E-state index in [4.69, 9.17) is 0 Å². The van der Waals surface area contributed by atoms with Crippen molar-refractivity contribution in [1.29, 1.82) is 0 Å². The van der Waals surface area contributed by atoms with E-state index in [1.165, 1.54) is 25.3 Å². The van der Waals surface area contributed by atoms with Crippen LogP contribution in [0.2, 0.25) is 0 Å². The number of methoxy groups -OCH3 is 1. The van der Waals surface area contributed by atoms with E-state index >= 15 is 0 Å². The second-order valence-electron chi connectivity index (χ2n) is 4.79. The highest BCUT2D eigenvalue weighted by Gasteiger charge is 2.04. The van der Waals surface area contributed by atoms with E-state index in [0.717, 1.165) is 11.1 Å². The molecule has 2 aromatic carbocycles. The van der Waals surface area contributed by atoms with Gasteiger partial charge in [-0.05, 0) is 41.5 Å². The van der Waals surface area contributed by atoms with Gasteiger partial charge in [0.05, 0.1) is 12.7 Å². The van der Waals surface area contributed by atoms with Crippen LogP contribution in [0, 0.1) is 5.82 Å². The minimum Gasteiger partial charge on any atom is -0.465 e. The number of ether oxygens (including phenoxy) is 1. The largest absolute Gasteiger partial charge is 0.465 e. The molecule has 118 valence electrons. The Kier molecular flexibility index (Phi) is 5.63. The summed E-state index contributed by atoms with van der Waals surface area (Å²) >= 11 is 0. The Hall–Kier alpha value is -2.95. The van der Waals surface area contributed by atoms with Crippen molar-refractivity contribution in [1.82, 2.24) is 5.32 Å². The van der Waals surface area contributed by atoms with Crippen LogP contribution >= 0.6 is 0 Å². The number of halogens is 1. The zero-order valence-corrected chi connectivity index (χ0v) is 12.6. The van der Waals surface area contributed by atoms with Crippen LogP contribution < -0.4 is 5.32 Å². The Labute approximate surface area is 133 Å². The van der Waals surface area contributed by atoms with Gasteiger partial charge in [0.15, 0.2) is 0 Å². The van der Waals surface area contributed by atoms with Crippen LogP contribution in [0.25, 0.3) is 6.08 Å². The summed E-state index contributed by atoms with van der Waals surface area (Å²) in [4.78, 5) is 23.0. The molecule has 0 aromatic heterocycles. The average Bonchev–Trinajstić information content (AvgIpc) is 2.59. The molecular formula is C18H16FNO3. The molecule has 0 heterocycles. The Morgan fingerprint density at radius 1 is 1.09 bits per heavy atom. The van der Waals surface area contributed by atoms with E-state index in [0.29, 0.717) is 12.1 Å². The molecule has 2 rings (SSSR count). The maximum absolute atomic E-state index is 12.8. The lowest BCUT2D eigenvalue weighted by atomic mass is 10.1. The Balaban J connectivity index is 1.86. The van der Waals surface area contributed by atoms with E-state index in [1.807, 2.05) is 0 Å². The van der Waals surface area contributed by atoms with Gasteiger partial charge in [-0.15, -0.1) is 0 Å². The molecule has 0 bridgehead atoms. The van der Waals surface area contributed by atoms with Gasteiger partial charge < -0.3 is 10.1 Å². The molecule has 0 saturated heterocycles. The van der Waals surface area contributed by atoms with Crippen LogP contribution in [0.4, 0.5) is 4.39 Å². The number of rotatable bonds is 5. The second kappa shape index (κ2) is 7.89. The lowest BCUT2D eigenvalue weighted by molar-refractivity contribution is -0.116. The molecule has 2 aromatic rings. The monoisotopic (exact) mass is 313 g/mol. The van der Waals surface area contributed by atoms with Crippen LogP contribution in [0.3, 0.4) is 0 Å². The number of benzene rings is 2. The molecule has 0 spiro atoms. The Morgan fingerprint density at radius 2 is 1.74 bits per heavy atom. The molecule has 5 heteroatoms. The standard InChI is InChI=1S/C18H16FNO3/c1-23-18(22)15-7-2-14(3-8-15)12-20-17(21)11-6-13-4-9-16(19)10-5-13/h2-11H,12H2,1H3,(H,20,21)/b11-6+. The van der Waals surface area contributed by atoms with Crippen molar-refractivity contribution in [3.8, 4) is 0 Å². The van der Waals surface area contributed by atoms with E-state index in [1.54, 1.807) is 42.5 Å². The molecule has 0 fully saturated rings. The zero-order valence-electron chi connectivity index (χ0n) is 12.6. The van der Waals surface area contributed by atoms with Crippen molar-refractivity contribution in [3.05, 3.63) is 77.1 Å². The van der Waals surface area contributed by atoms with E-state index < -0.39 is 5.97 Å². The maximum Gasteiger partial charge on any atom is 0.337 e. The fraction of sp³-hybridized carbons (Fsp3) is 0.111. The fourth-order valence-corrected chi connectivity index (χ4v) is 1.87. The molecule has 0 unspecified atom stereocenters. The van der Waals surface area contributed by atoms with Gasteiger partial charge in [-0.25, -0.2) is 9.18 Å². The summed E-state index contributed by atoms with van der Waals surface area (Å²) in [6.45, 7) is 0.341. The first-order valence-corrected chi connectivity index (χ1v) is 6.97. The number of hydrogen-bond donors (Lipinski definition) is 1. The van der Waals surface area contributed by atoms with Crippen LogP contribution in [-0.4, -0.2) is 19.0 Å². The summed E-state index contributed by atoms with van der Waals surface area (Å²) in [5, 5.41) is 2.73. The lowest BCUT2D eigenvalue weighted by Gasteiger charge is -2.04. The van der Waals surface area contributed by atoms with Gasteiger partial charge in [0, 0.05) is 12.6 Å². The van der Waals surface area contributed by atoms with Gasteiger partial charge in [-0.3, -0.25) is 4.79 Å². The zero-order chi connectivity index (χ0) is 16.7. The van der Waals surface area contributed by atoms with Crippen LogP contribution in [0.15, 0.2) is 54.6 Å². The molecule has 1 amide bonds. The number of carbonyl (C=O) groups is 2. The topological polar surface area (TPSA) is 55.4 Å². The van der Waals surface area contributed by atoms with Crippen molar-refractivity contribution in [2.45, 2.75) is 6.54 Å². The molecule has 0 atom stereocenters. The van der Waals surface area contributed by atoms with Crippen molar-refractivity contribution in [3.63, 3.8) is 0 Å². The molecule has 0 radical (unpaired) electrons. The molecule has 0 aliphatic carbocycles. The van der Waals surface area contributed by atoms with Crippen LogP contribution in [0.1, 0.15) is 21.5 Å². The highest BCUT2D eigenvalue weighted by Crippen LogP contribution is 2.06. The van der Waals surface area contributed by atoms with Crippen LogP contribution in [0.5, 0.6) is 0 Å². The second-order valence-corrected chi connectivity index (χ2v) is 4.79. The third-order valence-corrected chi connectivity index (χ3v) is 3.14. The minimum atomic E-state index is -0.400. The van der Waals surface area contributed by atoms with Crippen molar-refractivity contribution in [2.24, 2.45) is 0 Å². The van der Waals surface area contributed by atoms with Crippen LogP contribution in [-0.2, 0) is 16.1 Å². The third-order valence-electron chi connectivity index (χ3n) is 3.14. The summed E-state index contributed by atoms with van der Waals surface area (Å²) in [5.41, 5.74) is 2.06. The highest BCUT2D eigenvalue weighted by atomic mass is 19.1. The summed E-state index contributed by atoms with van der Waals surface area (Å²) in [6.07, 6.45) is 2.99. The smallest absolute Gasteiger partial charge is 0.337 e. The van der Waals surface area contributed by atoms with E-state index in [-0.39, 0.29) is 11.7 Å². The summed E-state index contributed by atoms with van der Waals surface area (Å²) < 4.78 is 17.4. The van der Waals surface area contributed by atoms with Gasteiger partial charge in [-0.1, -0.05) is 24.3 Å². The Morgan fingerprint density at radius 3 is 2.35 bits per heavy atom. The average molecular weight is 313 g/mol. The number of amides is 1. The van der Waals surface area contributed by atoms with Gasteiger partial charge in [0.2, 0.25) is 5.91 Å². The molecule has 4 nitrogen and oxygen atoms in total. The molecule has 0 aliphatic heterocycles. The minimum absolute atomic E-state index is 0.258. The first-order valence-electron chi connectivity index (χ1n) is 6.97. The van der Waals surface area contributed by atoms with Gasteiger partial charge in [0.1, 0.15) is 5.82 Å². The molecule has 23 heavy (non-hydrogen) atoms. The summed E-state index contributed by atoms with van der Waals surface area (Å²) in [7, 11) is 1.32. The summed E-state index contributed by atoms with van der Waals surface area (Å²) in [6, 6.07) is 12.6.